The summed E-state index contributed by atoms with van der Waals surface area (Å²) < 4.78 is 0.980. The van der Waals surface area contributed by atoms with Crippen LogP contribution in [0.3, 0.4) is 0 Å². The zero-order valence-corrected chi connectivity index (χ0v) is 8.08. The molecule has 0 unspecified atom stereocenters. The van der Waals surface area contributed by atoms with Gasteiger partial charge in [-0.1, -0.05) is 0 Å². The van der Waals surface area contributed by atoms with Crippen LogP contribution in [0.15, 0.2) is 12.3 Å². The minimum atomic E-state index is 0.861. The molecule has 0 amide bonds. The topological polar surface area (TPSA) is 41.6 Å². The summed E-state index contributed by atoms with van der Waals surface area (Å²) in [7, 11) is 0. The van der Waals surface area contributed by atoms with Crippen LogP contribution in [0.5, 0.6) is 0 Å². The summed E-state index contributed by atoms with van der Waals surface area (Å²) in [5.41, 5.74) is 2.02. The van der Waals surface area contributed by atoms with Crippen LogP contribution >= 0.6 is 22.6 Å². The van der Waals surface area contributed by atoms with Crippen LogP contribution in [-0.2, 0) is 0 Å². The van der Waals surface area contributed by atoms with Gasteiger partial charge in [0.2, 0.25) is 0 Å². The van der Waals surface area contributed by atoms with E-state index in [1.54, 1.807) is 0 Å². The van der Waals surface area contributed by atoms with Crippen molar-refractivity contribution in [1.29, 1.82) is 0 Å². The molecule has 0 aliphatic heterocycles. The number of aromatic amines is 1. The number of aryl methyl sites for hydroxylation is 1. The number of nitrogens with zero attached hydrogens (tertiary/aromatic N) is 2. The van der Waals surface area contributed by atoms with Gasteiger partial charge in [-0.3, -0.25) is 5.10 Å². The van der Waals surface area contributed by atoms with Gasteiger partial charge in [0.25, 0.3) is 0 Å². The second-order valence-corrected chi connectivity index (χ2v) is 3.45. The third-order valence-corrected chi connectivity index (χ3v) is 2.33. The summed E-state index contributed by atoms with van der Waals surface area (Å²) >= 11 is 2.19. The molecule has 0 saturated heterocycles. The summed E-state index contributed by atoms with van der Waals surface area (Å²) in [5, 5.41) is 7.98. The molecule has 0 spiro atoms. The first-order valence-corrected chi connectivity index (χ1v) is 4.31. The maximum Gasteiger partial charge on any atom is 0.156 e. The van der Waals surface area contributed by atoms with Gasteiger partial charge in [0.15, 0.2) is 5.65 Å². The first kappa shape index (κ1) is 7.02. The van der Waals surface area contributed by atoms with Crippen LogP contribution in [0.25, 0.3) is 11.0 Å². The van der Waals surface area contributed by atoms with Gasteiger partial charge < -0.3 is 0 Å². The number of aromatic nitrogens is 3. The minimum absolute atomic E-state index is 0.861. The Morgan fingerprint density at radius 1 is 1.55 bits per heavy atom. The minimum Gasteiger partial charge on any atom is -0.260 e. The van der Waals surface area contributed by atoms with Crippen molar-refractivity contribution in [3.8, 4) is 0 Å². The highest BCUT2D eigenvalue weighted by molar-refractivity contribution is 14.1. The third-order valence-electron chi connectivity index (χ3n) is 1.51. The zero-order chi connectivity index (χ0) is 7.84. The summed E-state index contributed by atoms with van der Waals surface area (Å²) in [6.07, 6.45) is 1.83. The van der Waals surface area contributed by atoms with Gasteiger partial charge in [0.05, 0.1) is 5.39 Å². The predicted molar refractivity (Wildman–Crippen MR) is 51.3 cm³/mol. The lowest BCUT2D eigenvalue weighted by Gasteiger charge is -1.89. The lowest BCUT2D eigenvalue weighted by atomic mass is 10.3. The Labute approximate surface area is 77.4 Å². The Balaban J connectivity index is 2.87. The lowest BCUT2D eigenvalue weighted by Crippen LogP contribution is -1.77. The third kappa shape index (κ3) is 1.11. The van der Waals surface area contributed by atoms with E-state index in [1.165, 1.54) is 0 Å². The average Bonchev–Trinajstić information content (AvgIpc) is 2.33. The van der Waals surface area contributed by atoms with E-state index in [1.807, 2.05) is 13.1 Å². The molecule has 56 valence electrons. The fourth-order valence-corrected chi connectivity index (χ4v) is 1.51. The van der Waals surface area contributed by atoms with Crippen molar-refractivity contribution < 1.29 is 0 Å². The SMILES string of the molecule is Cc1cnc2[nH]nc(I)c2c1. The van der Waals surface area contributed by atoms with Crippen molar-refractivity contribution in [2.75, 3.05) is 0 Å². The standard InChI is InChI=1S/C7H6IN3/c1-4-2-5-6(8)10-11-7(5)9-3-4/h2-3H,1H3,(H,9,10,11). The van der Waals surface area contributed by atoms with E-state index in [2.05, 4.69) is 43.8 Å². The highest BCUT2D eigenvalue weighted by Crippen LogP contribution is 2.15. The van der Waals surface area contributed by atoms with Crippen LogP contribution in [0.2, 0.25) is 0 Å². The maximum absolute atomic E-state index is 4.18. The number of fused-ring (bicyclic) bond motifs is 1. The van der Waals surface area contributed by atoms with Crippen LogP contribution in [0.1, 0.15) is 5.56 Å². The van der Waals surface area contributed by atoms with Crippen molar-refractivity contribution in [3.63, 3.8) is 0 Å². The first-order valence-electron chi connectivity index (χ1n) is 3.23. The highest BCUT2D eigenvalue weighted by atomic mass is 127. The molecule has 1 N–H and O–H groups in total. The normalized spacial score (nSPS) is 10.7. The molecule has 0 aliphatic rings. The molecule has 0 atom stereocenters. The van der Waals surface area contributed by atoms with Crippen LogP contribution in [-0.4, -0.2) is 15.2 Å². The molecule has 0 aromatic carbocycles. The van der Waals surface area contributed by atoms with Crippen molar-refractivity contribution in [1.82, 2.24) is 15.2 Å². The largest absolute Gasteiger partial charge is 0.260 e. The van der Waals surface area contributed by atoms with Crippen molar-refractivity contribution in [3.05, 3.63) is 21.5 Å². The smallest absolute Gasteiger partial charge is 0.156 e. The van der Waals surface area contributed by atoms with Gasteiger partial charge >= 0.3 is 0 Å². The zero-order valence-electron chi connectivity index (χ0n) is 5.93. The second kappa shape index (κ2) is 2.44. The molecule has 11 heavy (non-hydrogen) atoms. The quantitative estimate of drug-likeness (QED) is 0.734. The number of hydrogen-bond donors (Lipinski definition) is 1. The van der Waals surface area contributed by atoms with Gasteiger partial charge in [-0.15, -0.1) is 0 Å². The molecule has 0 fully saturated rings. The van der Waals surface area contributed by atoms with E-state index < -0.39 is 0 Å². The predicted octanol–water partition coefficient (Wildman–Crippen LogP) is 1.87. The molecule has 2 aromatic heterocycles. The number of pyridine rings is 1. The Morgan fingerprint density at radius 3 is 3.18 bits per heavy atom. The second-order valence-electron chi connectivity index (χ2n) is 2.42. The molecule has 4 heteroatoms. The molecule has 0 radical (unpaired) electrons. The molecule has 0 aliphatic carbocycles. The Hall–Kier alpha value is -0.650. The van der Waals surface area contributed by atoms with Gasteiger partial charge in [-0.05, 0) is 41.1 Å². The van der Waals surface area contributed by atoms with Gasteiger partial charge in [0.1, 0.15) is 3.70 Å². The fourth-order valence-electron chi connectivity index (χ4n) is 0.978. The molecule has 3 nitrogen and oxygen atoms in total. The van der Waals surface area contributed by atoms with Crippen LogP contribution in [0.4, 0.5) is 0 Å². The summed E-state index contributed by atoms with van der Waals surface area (Å²) in [4.78, 5) is 4.18. The van der Waals surface area contributed by atoms with Crippen LogP contribution in [0, 0.1) is 10.6 Å². The molecule has 2 heterocycles. The van der Waals surface area contributed by atoms with Gasteiger partial charge in [0, 0.05) is 6.20 Å². The van der Waals surface area contributed by atoms with Crippen molar-refractivity contribution >= 4 is 33.6 Å². The maximum atomic E-state index is 4.18. The van der Waals surface area contributed by atoms with Crippen molar-refractivity contribution in [2.24, 2.45) is 0 Å². The van der Waals surface area contributed by atoms with E-state index in [0.717, 1.165) is 20.3 Å². The number of hydrogen-bond acceptors (Lipinski definition) is 2. The molecule has 0 bridgehead atoms. The summed E-state index contributed by atoms with van der Waals surface area (Å²) in [5.74, 6) is 0. The summed E-state index contributed by atoms with van der Waals surface area (Å²) in [6.45, 7) is 2.02. The number of nitrogens with one attached hydrogen (secondary N) is 1. The van der Waals surface area contributed by atoms with E-state index in [0.29, 0.717) is 0 Å². The molecular formula is C7H6IN3. The Morgan fingerprint density at radius 2 is 2.36 bits per heavy atom. The molecule has 0 saturated carbocycles. The molecule has 2 aromatic rings. The highest BCUT2D eigenvalue weighted by Gasteiger charge is 2.01. The lowest BCUT2D eigenvalue weighted by molar-refractivity contribution is 1.07. The number of halogens is 1. The van der Waals surface area contributed by atoms with E-state index in [4.69, 9.17) is 0 Å². The molecular weight excluding hydrogens is 253 g/mol. The fraction of sp³-hybridized carbons (Fsp3) is 0.143. The van der Waals surface area contributed by atoms with Gasteiger partial charge in [-0.2, -0.15) is 5.10 Å². The Kier molecular flexibility index (Phi) is 1.56. The number of H-pyrrole nitrogens is 1. The van der Waals surface area contributed by atoms with Crippen LogP contribution < -0.4 is 0 Å². The van der Waals surface area contributed by atoms with E-state index >= 15 is 0 Å². The van der Waals surface area contributed by atoms with E-state index in [9.17, 15) is 0 Å². The number of rotatable bonds is 0. The summed E-state index contributed by atoms with van der Waals surface area (Å²) in [6, 6.07) is 2.08. The van der Waals surface area contributed by atoms with E-state index in [-0.39, 0.29) is 0 Å². The Bertz CT molecular complexity index is 393. The average molecular weight is 259 g/mol. The van der Waals surface area contributed by atoms with Gasteiger partial charge in [-0.25, -0.2) is 4.98 Å². The monoisotopic (exact) mass is 259 g/mol. The first-order chi connectivity index (χ1) is 5.27. The van der Waals surface area contributed by atoms with Crippen molar-refractivity contribution in [2.45, 2.75) is 6.92 Å². The molecule has 2 rings (SSSR count).